The Morgan fingerprint density at radius 2 is 2.16 bits per heavy atom. The number of nitrogens with zero attached hydrogens (tertiary/aromatic N) is 1. The zero-order valence-electron chi connectivity index (χ0n) is 14.2. The monoisotopic (exact) mass is 363 g/mol. The number of anilines is 1. The van der Waals surface area contributed by atoms with E-state index >= 15 is 0 Å². The van der Waals surface area contributed by atoms with Crippen molar-refractivity contribution in [1.82, 2.24) is 10.3 Å². The van der Waals surface area contributed by atoms with Crippen LogP contribution in [0.2, 0.25) is 0 Å². The van der Waals surface area contributed by atoms with E-state index in [4.69, 9.17) is 9.47 Å². The average molecular weight is 363 g/mol. The molecule has 0 aliphatic carbocycles. The van der Waals surface area contributed by atoms with Crippen molar-refractivity contribution >= 4 is 28.5 Å². The van der Waals surface area contributed by atoms with Crippen molar-refractivity contribution < 1.29 is 19.1 Å². The number of methoxy groups -OCH3 is 1. The average Bonchev–Trinajstić information content (AvgIpc) is 3.02. The van der Waals surface area contributed by atoms with Crippen LogP contribution in [-0.2, 0) is 22.4 Å². The number of amides is 2. The molecule has 1 heterocycles. The number of benzene rings is 1. The van der Waals surface area contributed by atoms with Crippen LogP contribution in [0.4, 0.5) is 9.93 Å². The fraction of sp³-hybridized carbons (Fsp3) is 0.353. The molecule has 0 bridgehead atoms. The van der Waals surface area contributed by atoms with Gasteiger partial charge in [-0.3, -0.25) is 10.1 Å². The fourth-order valence-electron chi connectivity index (χ4n) is 2.10. The molecule has 7 nitrogen and oxygen atoms in total. The third-order valence-corrected chi connectivity index (χ3v) is 4.05. The summed E-state index contributed by atoms with van der Waals surface area (Å²) in [5.41, 5.74) is 1.70. The van der Waals surface area contributed by atoms with Crippen LogP contribution in [0.1, 0.15) is 18.2 Å². The highest BCUT2D eigenvalue weighted by molar-refractivity contribution is 7.13. The molecule has 1 aromatic heterocycles. The van der Waals surface area contributed by atoms with Crippen LogP contribution in [0.25, 0.3) is 0 Å². The van der Waals surface area contributed by atoms with E-state index in [-0.39, 0.29) is 12.3 Å². The van der Waals surface area contributed by atoms with Crippen molar-refractivity contribution in [2.45, 2.75) is 19.8 Å². The van der Waals surface area contributed by atoms with E-state index < -0.39 is 6.09 Å². The largest absolute Gasteiger partial charge is 0.497 e. The summed E-state index contributed by atoms with van der Waals surface area (Å²) in [4.78, 5) is 27.5. The van der Waals surface area contributed by atoms with Crippen molar-refractivity contribution in [2.24, 2.45) is 0 Å². The van der Waals surface area contributed by atoms with Gasteiger partial charge in [0.05, 0.1) is 25.8 Å². The fourth-order valence-corrected chi connectivity index (χ4v) is 2.80. The molecule has 0 fully saturated rings. The lowest BCUT2D eigenvalue weighted by Gasteiger charge is -2.06. The number of carbonyl (C=O) groups excluding carboxylic acids is 2. The summed E-state index contributed by atoms with van der Waals surface area (Å²) in [7, 11) is 1.62. The smallest absolute Gasteiger partial charge is 0.413 e. The molecule has 1 aromatic carbocycles. The van der Waals surface area contributed by atoms with Gasteiger partial charge in [0, 0.05) is 11.9 Å². The quantitative estimate of drug-likeness (QED) is 0.752. The van der Waals surface area contributed by atoms with Gasteiger partial charge in [-0.15, -0.1) is 11.3 Å². The Labute approximate surface area is 150 Å². The predicted molar refractivity (Wildman–Crippen MR) is 96.2 cm³/mol. The lowest BCUT2D eigenvalue weighted by Crippen LogP contribution is -2.27. The van der Waals surface area contributed by atoms with E-state index in [0.717, 1.165) is 17.7 Å². The summed E-state index contributed by atoms with van der Waals surface area (Å²) in [5.74, 6) is 0.684. The Hall–Kier alpha value is -2.61. The van der Waals surface area contributed by atoms with Crippen molar-refractivity contribution in [2.75, 3.05) is 25.6 Å². The second-order valence-corrected chi connectivity index (χ2v) is 5.98. The summed E-state index contributed by atoms with van der Waals surface area (Å²) >= 11 is 1.25. The maximum absolute atomic E-state index is 12.0. The number of aromatic nitrogens is 1. The normalized spacial score (nSPS) is 10.2. The van der Waals surface area contributed by atoms with E-state index in [1.807, 2.05) is 24.3 Å². The molecule has 2 aromatic rings. The second-order valence-electron chi connectivity index (χ2n) is 5.12. The zero-order valence-corrected chi connectivity index (χ0v) is 15.0. The van der Waals surface area contributed by atoms with E-state index in [1.54, 1.807) is 19.4 Å². The van der Waals surface area contributed by atoms with Crippen LogP contribution >= 0.6 is 11.3 Å². The van der Waals surface area contributed by atoms with Crippen LogP contribution in [0.3, 0.4) is 0 Å². The number of nitrogens with one attached hydrogen (secondary N) is 2. The van der Waals surface area contributed by atoms with Gasteiger partial charge >= 0.3 is 6.09 Å². The molecule has 0 aliphatic heterocycles. The highest BCUT2D eigenvalue weighted by atomic mass is 32.1. The summed E-state index contributed by atoms with van der Waals surface area (Å²) in [6.45, 7) is 2.55. The molecule has 134 valence electrons. The first-order valence-electron chi connectivity index (χ1n) is 7.88. The van der Waals surface area contributed by atoms with E-state index in [2.05, 4.69) is 15.6 Å². The molecule has 8 heteroatoms. The lowest BCUT2D eigenvalue weighted by molar-refractivity contribution is -0.120. The van der Waals surface area contributed by atoms with Gasteiger partial charge in [-0.2, -0.15) is 0 Å². The molecule has 2 N–H and O–H groups in total. The molecule has 0 unspecified atom stereocenters. The molecule has 0 spiro atoms. The summed E-state index contributed by atoms with van der Waals surface area (Å²) in [6, 6.07) is 7.73. The first-order valence-corrected chi connectivity index (χ1v) is 8.76. The number of ether oxygens (including phenoxy) is 2. The Morgan fingerprint density at radius 3 is 2.92 bits per heavy atom. The van der Waals surface area contributed by atoms with Crippen molar-refractivity contribution in [3.05, 3.63) is 40.9 Å². The minimum absolute atomic E-state index is 0.115. The van der Waals surface area contributed by atoms with Gasteiger partial charge < -0.3 is 14.8 Å². The molecule has 0 saturated carbocycles. The van der Waals surface area contributed by atoms with Crippen LogP contribution in [0.15, 0.2) is 29.6 Å². The van der Waals surface area contributed by atoms with Crippen LogP contribution < -0.4 is 15.4 Å². The Morgan fingerprint density at radius 1 is 1.32 bits per heavy atom. The zero-order chi connectivity index (χ0) is 18.1. The highest BCUT2D eigenvalue weighted by Crippen LogP contribution is 2.16. The molecular weight excluding hydrogens is 342 g/mol. The number of hydrogen-bond donors (Lipinski definition) is 2. The molecule has 0 atom stereocenters. The van der Waals surface area contributed by atoms with Crippen LogP contribution in [0.5, 0.6) is 5.75 Å². The highest BCUT2D eigenvalue weighted by Gasteiger charge is 2.10. The molecule has 2 amide bonds. The maximum atomic E-state index is 12.0. The summed E-state index contributed by atoms with van der Waals surface area (Å²) in [5, 5.41) is 7.53. The topological polar surface area (TPSA) is 89.5 Å². The third kappa shape index (κ3) is 6.42. The molecule has 0 saturated heterocycles. The van der Waals surface area contributed by atoms with Crippen molar-refractivity contribution in [3.8, 4) is 5.75 Å². The third-order valence-electron chi connectivity index (χ3n) is 3.25. The molecule has 0 aliphatic rings. The van der Waals surface area contributed by atoms with Gasteiger partial charge in [-0.1, -0.05) is 12.1 Å². The van der Waals surface area contributed by atoms with E-state index in [1.165, 1.54) is 11.3 Å². The minimum atomic E-state index is -0.550. The SMILES string of the molecule is CCOC(=O)Nc1nc(CC(=O)NCCc2cccc(OC)c2)cs1. The summed E-state index contributed by atoms with van der Waals surface area (Å²) in [6.07, 6.45) is 0.334. The standard InChI is InChI=1S/C17H21N3O4S/c1-3-24-17(22)20-16-19-13(11-25-16)10-15(21)18-8-7-12-5-4-6-14(9-12)23-2/h4-6,9,11H,3,7-8,10H2,1-2H3,(H,18,21)(H,19,20,22). The van der Waals surface area contributed by atoms with E-state index in [9.17, 15) is 9.59 Å². The number of thiazole rings is 1. The molecule has 0 radical (unpaired) electrons. The number of carbonyl (C=O) groups is 2. The lowest BCUT2D eigenvalue weighted by atomic mass is 10.1. The predicted octanol–water partition coefficient (Wildman–Crippen LogP) is 2.62. The van der Waals surface area contributed by atoms with Crippen molar-refractivity contribution in [1.29, 1.82) is 0 Å². The van der Waals surface area contributed by atoms with Crippen LogP contribution in [-0.4, -0.2) is 37.2 Å². The summed E-state index contributed by atoms with van der Waals surface area (Å²) < 4.78 is 9.95. The van der Waals surface area contributed by atoms with Gasteiger partial charge in [0.1, 0.15) is 5.75 Å². The second kappa shape index (κ2) is 9.63. The first kappa shape index (κ1) is 18.7. The molecule has 25 heavy (non-hydrogen) atoms. The Balaban J connectivity index is 1.74. The maximum Gasteiger partial charge on any atom is 0.413 e. The molecular formula is C17H21N3O4S. The van der Waals surface area contributed by atoms with Gasteiger partial charge in [-0.05, 0) is 31.0 Å². The number of hydrogen-bond acceptors (Lipinski definition) is 6. The minimum Gasteiger partial charge on any atom is -0.497 e. The molecule has 2 rings (SSSR count). The van der Waals surface area contributed by atoms with Crippen molar-refractivity contribution in [3.63, 3.8) is 0 Å². The van der Waals surface area contributed by atoms with E-state index in [0.29, 0.717) is 24.0 Å². The van der Waals surface area contributed by atoms with Gasteiger partial charge in [0.25, 0.3) is 0 Å². The Bertz CT molecular complexity index is 717. The Kier molecular flexibility index (Phi) is 7.21. The first-order chi connectivity index (χ1) is 12.1. The van der Waals surface area contributed by atoms with Gasteiger partial charge in [0.15, 0.2) is 5.13 Å². The van der Waals surface area contributed by atoms with Crippen LogP contribution in [0, 0.1) is 0 Å². The number of rotatable bonds is 8. The van der Waals surface area contributed by atoms with Gasteiger partial charge in [0.2, 0.25) is 5.91 Å². The van der Waals surface area contributed by atoms with Gasteiger partial charge in [-0.25, -0.2) is 9.78 Å².